The molecule has 0 heterocycles. The van der Waals surface area contributed by atoms with Crippen LogP contribution in [0, 0.1) is 0 Å². The number of carbonyl (C=O) groups excluding carboxylic acids is 1. The van der Waals surface area contributed by atoms with Gasteiger partial charge in [-0.25, -0.2) is 0 Å². The fraction of sp³-hybridized carbons (Fsp3) is 0.833. The fourth-order valence-corrected chi connectivity index (χ4v) is 2.37. The van der Waals surface area contributed by atoms with E-state index in [1.165, 1.54) is 14.2 Å². The predicted octanol–water partition coefficient (Wildman–Crippen LogP) is -0.158. The van der Waals surface area contributed by atoms with Gasteiger partial charge in [0.05, 0.1) is 0 Å². The van der Waals surface area contributed by atoms with Gasteiger partial charge < -0.3 is 19.4 Å². The van der Waals surface area contributed by atoms with Crippen molar-refractivity contribution in [3.8, 4) is 0 Å². The van der Waals surface area contributed by atoms with Gasteiger partial charge in [-0.2, -0.15) is 0 Å². The third-order valence-corrected chi connectivity index (χ3v) is 4.39. The Morgan fingerprint density at radius 2 is 2.00 bits per heavy atom. The molecule has 0 aromatic carbocycles. The van der Waals surface area contributed by atoms with Crippen LogP contribution in [0.25, 0.3) is 0 Å². The molecule has 0 amide bonds. The second-order valence-electron chi connectivity index (χ2n) is 2.23. The van der Waals surface area contributed by atoms with Gasteiger partial charge in [0.1, 0.15) is 0 Å². The van der Waals surface area contributed by atoms with Crippen LogP contribution in [0.1, 0.15) is 6.42 Å². The van der Waals surface area contributed by atoms with E-state index in [0.717, 1.165) is 12.3 Å². The zero-order valence-corrected chi connectivity index (χ0v) is 8.00. The second-order valence-corrected chi connectivity index (χ2v) is 5.41. The summed E-state index contributed by atoms with van der Waals surface area (Å²) >= 11 is 0. The molecule has 4 nitrogen and oxygen atoms in total. The quantitative estimate of drug-likeness (QED) is 0.452. The van der Waals surface area contributed by atoms with Crippen LogP contribution in [0.5, 0.6) is 0 Å². The number of carbonyl (C=O) groups is 1. The van der Waals surface area contributed by atoms with Crippen molar-refractivity contribution in [2.75, 3.05) is 20.8 Å². The van der Waals surface area contributed by atoms with Gasteiger partial charge in [0.25, 0.3) is 0 Å². The number of nitrogens with two attached hydrogens (primary N) is 1. The third kappa shape index (κ3) is 3.11. The Bertz CT molecular complexity index is 116. The Kier molecular flexibility index (Phi) is 5.31. The topological polar surface area (TPSA) is 61.5 Å². The summed E-state index contributed by atoms with van der Waals surface area (Å²) in [6.07, 6.45) is 0.770. The van der Waals surface area contributed by atoms with Gasteiger partial charge in [-0.15, -0.1) is 0 Å². The van der Waals surface area contributed by atoms with Gasteiger partial charge in [0, 0.05) is 14.2 Å². The maximum atomic E-state index is 10.6. The van der Waals surface area contributed by atoms with Crippen LogP contribution in [-0.4, -0.2) is 35.2 Å². The molecule has 0 aromatic heterocycles. The van der Waals surface area contributed by atoms with E-state index in [1.54, 1.807) is 0 Å². The van der Waals surface area contributed by atoms with Crippen molar-refractivity contribution < 1.29 is 13.6 Å². The highest BCUT2D eigenvalue weighted by atomic mass is 28.4. The molecule has 0 saturated heterocycles. The monoisotopic (exact) mass is 177 g/mol. The van der Waals surface area contributed by atoms with E-state index in [9.17, 15) is 4.79 Å². The van der Waals surface area contributed by atoms with E-state index in [1.807, 2.05) is 0 Å². The SMILES string of the molecule is CO[Si](C=O)(CCCN)OC. The summed E-state index contributed by atoms with van der Waals surface area (Å²) in [6, 6.07) is 0.639. The number of hydrogen-bond donors (Lipinski definition) is 1. The van der Waals surface area contributed by atoms with Crippen molar-refractivity contribution >= 4 is 14.5 Å². The first kappa shape index (κ1) is 10.8. The molecule has 5 heteroatoms. The first-order chi connectivity index (χ1) is 5.24. The van der Waals surface area contributed by atoms with E-state index < -0.39 is 8.56 Å². The molecule has 0 aromatic rings. The van der Waals surface area contributed by atoms with Crippen LogP contribution in [-0.2, 0) is 13.6 Å². The highest BCUT2D eigenvalue weighted by molar-refractivity contribution is 6.91. The lowest BCUT2D eigenvalue weighted by Crippen LogP contribution is -2.42. The molecule has 0 saturated carbocycles. The van der Waals surface area contributed by atoms with Crippen LogP contribution >= 0.6 is 0 Å². The Balaban J connectivity index is 3.94. The van der Waals surface area contributed by atoms with E-state index in [-0.39, 0.29) is 0 Å². The molecule has 0 radical (unpaired) electrons. The second kappa shape index (κ2) is 5.42. The van der Waals surface area contributed by atoms with Gasteiger partial charge in [0.2, 0.25) is 0 Å². The minimum Gasteiger partial charge on any atom is -0.393 e. The molecule has 0 aliphatic rings. The minimum absolute atomic E-state index is 0.565. The molecule has 0 fully saturated rings. The number of rotatable bonds is 6. The summed E-state index contributed by atoms with van der Waals surface area (Å²) in [5.41, 5.74) is 5.29. The molecule has 0 atom stereocenters. The van der Waals surface area contributed by atoms with Crippen LogP contribution in [0.2, 0.25) is 6.04 Å². The average molecular weight is 177 g/mol. The first-order valence-corrected chi connectivity index (χ1v) is 5.61. The molecule has 0 spiro atoms. The fourth-order valence-electron chi connectivity index (χ4n) is 0.791. The van der Waals surface area contributed by atoms with Crippen LogP contribution < -0.4 is 5.73 Å². The molecule has 2 N–H and O–H groups in total. The third-order valence-electron chi connectivity index (χ3n) is 1.60. The van der Waals surface area contributed by atoms with Crippen molar-refractivity contribution in [3.05, 3.63) is 0 Å². The van der Waals surface area contributed by atoms with E-state index in [0.29, 0.717) is 12.6 Å². The molecule has 0 aliphatic heterocycles. The summed E-state index contributed by atoms with van der Waals surface area (Å²) in [7, 11) is 0.502. The van der Waals surface area contributed by atoms with Crippen LogP contribution in [0.3, 0.4) is 0 Å². The summed E-state index contributed by atoms with van der Waals surface area (Å²) in [5.74, 6) is 0.794. The van der Waals surface area contributed by atoms with E-state index in [2.05, 4.69) is 0 Å². The van der Waals surface area contributed by atoms with Crippen molar-refractivity contribution in [2.45, 2.75) is 12.5 Å². The summed E-state index contributed by atoms with van der Waals surface area (Å²) in [6.45, 7) is 0.565. The van der Waals surface area contributed by atoms with Gasteiger partial charge in [-0.3, -0.25) is 0 Å². The van der Waals surface area contributed by atoms with Gasteiger partial charge >= 0.3 is 8.56 Å². The van der Waals surface area contributed by atoms with Crippen LogP contribution in [0.15, 0.2) is 0 Å². The zero-order valence-electron chi connectivity index (χ0n) is 7.00. The Morgan fingerprint density at radius 3 is 2.27 bits per heavy atom. The molecular formula is C6H15NO3Si. The Hall–Kier alpha value is -0.233. The Morgan fingerprint density at radius 1 is 1.45 bits per heavy atom. The predicted molar refractivity (Wildman–Crippen MR) is 45.0 cm³/mol. The zero-order chi connectivity index (χ0) is 8.74. The standard InChI is InChI=1S/C6H15NO3Si/c1-9-11(6-8,10-2)5-3-4-7/h6H,3-5,7H2,1-2H3. The normalized spacial score (nSPS) is 11.5. The maximum absolute atomic E-state index is 10.6. The number of hydrogen-bond acceptors (Lipinski definition) is 4. The maximum Gasteiger partial charge on any atom is 0.405 e. The molecular weight excluding hydrogens is 162 g/mol. The largest absolute Gasteiger partial charge is 0.405 e. The molecule has 66 valence electrons. The van der Waals surface area contributed by atoms with Crippen molar-refractivity contribution in [1.82, 2.24) is 0 Å². The lowest BCUT2D eigenvalue weighted by molar-refractivity contribution is 0.258. The Labute approximate surface area is 67.9 Å². The van der Waals surface area contributed by atoms with Crippen molar-refractivity contribution in [3.63, 3.8) is 0 Å². The molecule has 0 aliphatic carbocycles. The molecule has 0 rings (SSSR count). The highest BCUT2D eigenvalue weighted by Crippen LogP contribution is 2.10. The molecule has 11 heavy (non-hydrogen) atoms. The lowest BCUT2D eigenvalue weighted by Gasteiger charge is -2.19. The smallest absolute Gasteiger partial charge is 0.393 e. The van der Waals surface area contributed by atoms with Crippen LogP contribution in [0.4, 0.5) is 0 Å². The lowest BCUT2D eigenvalue weighted by atomic mass is 10.5. The first-order valence-electron chi connectivity index (χ1n) is 3.51. The van der Waals surface area contributed by atoms with Crippen molar-refractivity contribution in [1.29, 1.82) is 0 Å². The van der Waals surface area contributed by atoms with Gasteiger partial charge in [-0.1, -0.05) is 0 Å². The molecule has 0 bridgehead atoms. The van der Waals surface area contributed by atoms with Gasteiger partial charge in [0.15, 0.2) is 5.91 Å². The van der Waals surface area contributed by atoms with E-state index >= 15 is 0 Å². The average Bonchev–Trinajstić information content (AvgIpc) is 2.08. The minimum atomic E-state index is -2.50. The summed E-state index contributed by atoms with van der Waals surface area (Å²) in [5, 5.41) is 0. The van der Waals surface area contributed by atoms with Crippen molar-refractivity contribution in [2.24, 2.45) is 5.73 Å². The summed E-state index contributed by atoms with van der Waals surface area (Å²) < 4.78 is 10.1. The summed E-state index contributed by atoms with van der Waals surface area (Å²) in [4.78, 5) is 10.6. The highest BCUT2D eigenvalue weighted by Gasteiger charge is 2.34. The molecule has 0 unspecified atom stereocenters. The van der Waals surface area contributed by atoms with E-state index in [4.69, 9.17) is 14.6 Å². The van der Waals surface area contributed by atoms with Gasteiger partial charge in [-0.05, 0) is 19.0 Å².